The van der Waals surface area contributed by atoms with Crippen LogP contribution < -0.4 is 0 Å². The normalized spacial score (nSPS) is 10.4. The molecule has 0 unspecified atom stereocenters. The van der Waals surface area contributed by atoms with Crippen molar-refractivity contribution in [1.29, 1.82) is 0 Å². The summed E-state index contributed by atoms with van der Waals surface area (Å²) in [6, 6.07) is 7.51. The van der Waals surface area contributed by atoms with Gasteiger partial charge in [-0.05, 0) is 50.7 Å². The van der Waals surface area contributed by atoms with Gasteiger partial charge >= 0.3 is 0 Å². The van der Waals surface area contributed by atoms with E-state index < -0.39 is 0 Å². The number of aryl methyl sites for hydroxylation is 1. The lowest BCUT2D eigenvalue weighted by Gasteiger charge is -2.04. The van der Waals surface area contributed by atoms with Crippen molar-refractivity contribution in [3.63, 3.8) is 0 Å². The van der Waals surface area contributed by atoms with Gasteiger partial charge in [0.25, 0.3) is 0 Å². The van der Waals surface area contributed by atoms with E-state index in [2.05, 4.69) is 43.6 Å². The van der Waals surface area contributed by atoms with Crippen LogP contribution in [0.1, 0.15) is 16.1 Å². The Bertz CT molecular complexity index is 531. The summed E-state index contributed by atoms with van der Waals surface area (Å²) in [6.07, 6.45) is 1.63. The molecule has 0 spiro atoms. The lowest BCUT2D eigenvalue weighted by molar-refractivity contribution is 0.102. The lowest BCUT2D eigenvalue weighted by Crippen LogP contribution is -2.10. The minimum absolute atomic E-state index is 0.0168. The molecule has 0 fully saturated rings. The Kier molecular flexibility index (Phi) is 3.44. The second kappa shape index (κ2) is 4.67. The highest BCUT2D eigenvalue weighted by atomic mass is 127. The largest absolute Gasteiger partial charge is 0.287 e. The first-order valence-electron chi connectivity index (χ1n) is 4.58. The van der Waals surface area contributed by atoms with Gasteiger partial charge in [0.05, 0.1) is 10.7 Å². The van der Waals surface area contributed by atoms with Crippen LogP contribution in [-0.4, -0.2) is 15.6 Å². The molecule has 0 radical (unpaired) electrons. The van der Waals surface area contributed by atoms with E-state index in [4.69, 9.17) is 0 Å². The van der Waals surface area contributed by atoms with Gasteiger partial charge in [0, 0.05) is 16.2 Å². The fraction of sp³-hybridized carbons (Fsp3) is 0.0909. The highest BCUT2D eigenvalue weighted by molar-refractivity contribution is 14.1. The molecule has 5 heteroatoms. The first-order valence-corrected chi connectivity index (χ1v) is 6.45. The maximum absolute atomic E-state index is 12.3. The van der Waals surface area contributed by atoms with Gasteiger partial charge in [0.15, 0.2) is 0 Å². The van der Waals surface area contributed by atoms with Gasteiger partial charge in [-0.25, -0.2) is 0 Å². The van der Waals surface area contributed by atoms with E-state index in [1.54, 1.807) is 17.9 Å². The number of aromatic nitrogens is 2. The van der Waals surface area contributed by atoms with E-state index in [-0.39, 0.29) is 5.78 Å². The summed E-state index contributed by atoms with van der Waals surface area (Å²) in [5.41, 5.74) is 1.27. The molecule has 0 saturated carbocycles. The predicted molar refractivity (Wildman–Crippen MR) is 73.5 cm³/mol. The molecular formula is C11H8BrIN2O. The number of nitrogens with zero attached hydrogens (tertiary/aromatic N) is 2. The standard InChI is InChI=1S/C11H8BrIN2O/c1-15-10(8(12)6-14-15)11(16)7-4-2-3-5-9(7)13/h2-6H,1H3. The van der Waals surface area contributed by atoms with Gasteiger partial charge in [-0.2, -0.15) is 5.10 Å². The van der Waals surface area contributed by atoms with E-state index in [0.717, 1.165) is 8.04 Å². The third kappa shape index (κ3) is 2.06. The molecule has 16 heavy (non-hydrogen) atoms. The van der Waals surface area contributed by atoms with E-state index in [1.807, 2.05) is 24.3 Å². The highest BCUT2D eigenvalue weighted by Gasteiger charge is 2.18. The molecule has 2 rings (SSSR count). The van der Waals surface area contributed by atoms with Gasteiger partial charge in [-0.1, -0.05) is 12.1 Å². The Labute approximate surface area is 115 Å². The Morgan fingerprint density at radius 1 is 1.44 bits per heavy atom. The molecule has 82 valence electrons. The minimum atomic E-state index is -0.0168. The van der Waals surface area contributed by atoms with Crippen LogP contribution in [0.2, 0.25) is 0 Å². The molecular weight excluding hydrogens is 383 g/mol. The summed E-state index contributed by atoms with van der Waals surface area (Å²) in [7, 11) is 1.76. The summed E-state index contributed by atoms with van der Waals surface area (Å²) in [6.45, 7) is 0. The number of hydrogen-bond acceptors (Lipinski definition) is 2. The van der Waals surface area contributed by atoms with E-state index in [1.165, 1.54) is 0 Å². The summed E-state index contributed by atoms with van der Waals surface area (Å²) >= 11 is 5.49. The first-order chi connectivity index (χ1) is 7.61. The van der Waals surface area contributed by atoms with E-state index >= 15 is 0 Å². The number of hydrogen-bond donors (Lipinski definition) is 0. The molecule has 1 aromatic carbocycles. The monoisotopic (exact) mass is 390 g/mol. The van der Waals surface area contributed by atoms with Gasteiger partial charge in [-0.15, -0.1) is 0 Å². The smallest absolute Gasteiger partial charge is 0.213 e. The Morgan fingerprint density at radius 3 is 2.69 bits per heavy atom. The number of ketones is 1. The zero-order valence-corrected chi connectivity index (χ0v) is 12.2. The molecule has 3 nitrogen and oxygen atoms in total. The number of halogens is 2. The molecule has 2 aromatic rings. The molecule has 0 aliphatic carbocycles. The predicted octanol–water partition coefficient (Wildman–Crippen LogP) is 3.02. The van der Waals surface area contributed by atoms with Crippen molar-refractivity contribution >= 4 is 44.3 Å². The third-order valence-electron chi connectivity index (χ3n) is 2.23. The van der Waals surface area contributed by atoms with Crippen LogP contribution in [0.25, 0.3) is 0 Å². The van der Waals surface area contributed by atoms with Crippen molar-refractivity contribution in [3.8, 4) is 0 Å². The van der Waals surface area contributed by atoms with Crippen molar-refractivity contribution in [2.45, 2.75) is 0 Å². The molecule has 0 bridgehead atoms. The minimum Gasteiger partial charge on any atom is -0.287 e. The third-order valence-corrected chi connectivity index (χ3v) is 3.75. The SMILES string of the molecule is Cn1ncc(Br)c1C(=O)c1ccccc1I. The molecule has 0 saturated heterocycles. The zero-order chi connectivity index (χ0) is 11.7. The average molecular weight is 391 g/mol. The topological polar surface area (TPSA) is 34.9 Å². The van der Waals surface area contributed by atoms with Crippen LogP contribution in [0.4, 0.5) is 0 Å². The average Bonchev–Trinajstić information content (AvgIpc) is 2.58. The van der Waals surface area contributed by atoms with Crippen LogP contribution in [-0.2, 0) is 7.05 Å². The van der Waals surface area contributed by atoms with Gasteiger partial charge in [0.1, 0.15) is 5.69 Å². The molecule has 0 aliphatic heterocycles. The van der Waals surface area contributed by atoms with E-state index in [9.17, 15) is 4.79 Å². The Hall–Kier alpha value is -0.690. The van der Waals surface area contributed by atoms with Crippen molar-refractivity contribution in [2.24, 2.45) is 7.05 Å². The quantitative estimate of drug-likeness (QED) is 0.583. The van der Waals surface area contributed by atoms with Crippen molar-refractivity contribution in [3.05, 3.63) is 49.8 Å². The number of rotatable bonds is 2. The van der Waals surface area contributed by atoms with Crippen LogP contribution in [0, 0.1) is 3.57 Å². The maximum atomic E-state index is 12.3. The fourth-order valence-corrected chi connectivity index (χ4v) is 2.60. The van der Waals surface area contributed by atoms with Crippen molar-refractivity contribution in [2.75, 3.05) is 0 Å². The molecule has 0 N–H and O–H groups in total. The molecule has 0 atom stereocenters. The first kappa shape index (κ1) is 11.8. The fourth-order valence-electron chi connectivity index (χ4n) is 1.44. The van der Waals surface area contributed by atoms with Gasteiger partial charge < -0.3 is 0 Å². The van der Waals surface area contributed by atoms with Crippen LogP contribution in [0.15, 0.2) is 34.9 Å². The Balaban J connectivity index is 2.52. The van der Waals surface area contributed by atoms with Crippen molar-refractivity contribution in [1.82, 2.24) is 9.78 Å². The van der Waals surface area contributed by atoms with Gasteiger partial charge in [0.2, 0.25) is 5.78 Å². The zero-order valence-electron chi connectivity index (χ0n) is 8.45. The molecule has 0 aliphatic rings. The number of carbonyl (C=O) groups is 1. The summed E-state index contributed by atoms with van der Waals surface area (Å²) in [5.74, 6) is -0.0168. The number of carbonyl (C=O) groups excluding carboxylic acids is 1. The van der Waals surface area contributed by atoms with Crippen molar-refractivity contribution < 1.29 is 4.79 Å². The van der Waals surface area contributed by atoms with Crippen LogP contribution >= 0.6 is 38.5 Å². The molecule has 1 heterocycles. The highest BCUT2D eigenvalue weighted by Crippen LogP contribution is 2.21. The van der Waals surface area contributed by atoms with Gasteiger partial charge in [-0.3, -0.25) is 9.48 Å². The molecule has 0 amide bonds. The second-order valence-electron chi connectivity index (χ2n) is 3.27. The van der Waals surface area contributed by atoms with Crippen LogP contribution in [0.5, 0.6) is 0 Å². The molecule has 1 aromatic heterocycles. The number of benzene rings is 1. The maximum Gasteiger partial charge on any atom is 0.213 e. The Morgan fingerprint density at radius 2 is 2.12 bits per heavy atom. The summed E-state index contributed by atoms with van der Waals surface area (Å²) in [5, 5.41) is 4.04. The second-order valence-corrected chi connectivity index (χ2v) is 5.29. The summed E-state index contributed by atoms with van der Waals surface area (Å²) < 4.78 is 3.24. The lowest BCUT2D eigenvalue weighted by atomic mass is 10.1. The summed E-state index contributed by atoms with van der Waals surface area (Å²) in [4.78, 5) is 12.3. The van der Waals surface area contributed by atoms with Crippen LogP contribution in [0.3, 0.4) is 0 Å². The van der Waals surface area contributed by atoms with E-state index in [0.29, 0.717) is 11.3 Å².